The smallest absolute Gasteiger partial charge is 0.389 e. The van der Waals surface area contributed by atoms with Gasteiger partial charge in [-0.25, -0.2) is 14.8 Å². The molecule has 2 rings (SSSR count). The summed E-state index contributed by atoms with van der Waals surface area (Å²) in [5.74, 6) is 0.520. The number of anilines is 2. The molecule has 0 aliphatic heterocycles. The summed E-state index contributed by atoms with van der Waals surface area (Å²) in [7, 11) is 0. The Morgan fingerprint density at radius 2 is 1.88 bits per heavy atom. The number of nitrogens with zero attached hydrogens (tertiary/aromatic N) is 5. The average molecular weight is 329 g/mol. The topological polar surface area (TPSA) is 132 Å². The highest BCUT2D eigenvalue weighted by atomic mass is 16.6. The Bertz CT molecular complexity index is 744. The van der Waals surface area contributed by atoms with E-state index in [1.807, 2.05) is 13.8 Å². The van der Waals surface area contributed by atoms with E-state index in [2.05, 4.69) is 20.2 Å². The quantitative estimate of drug-likeness (QED) is 0.810. The Balaban J connectivity index is 2.22. The van der Waals surface area contributed by atoms with Crippen molar-refractivity contribution >= 4 is 29.1 Å². The van der Waals surface area contributed by atoms with Gasteiger partial charge in [0.05, 0.1) is 0 Å². The summed E-state index contributed by atoms with van der Waals surface area (Å²) in [6, 6.07) is 6.45. The molecule has 1 amide bonds. The van der Waals surface area contributed by atoms with E-state index in [1.165, 1.54) is 11.1 Å². The van der Waals surface area contributed by atoms with Gasteiger partial charge in [-0.15, -0.1) is 10.2 Å². The number of aromatic nitrogens is 2. The summed E-state index contributed by atoms with van der Waals surface area (Å²) >= 11 is 0. The van der Waals surface area contributed by atoms with Crippen LogP contribution in [0.2, 0.25) is 0 Å². The molecule has 0 saturated heterocycles. The zero-order chi connectivity index (χ0) is 17.5. The molecular weight excluding hydrogens is 310 g/mol. The molecule has 0 aliphatic rings. The number of nitrogen functional groups attached to an aromatic ring is 2. The van der Waals surface area contributed by atoms with Crippen LogP contribution in [0.4, 0.5) is 27.8 Å². The van der Waals surface area contributed by atoms with E-state index in [-0.39, 0.29) is 11.7 Å². The number of carbonyl (C=O) groups excluding carboxylic acids is 1. The van der Waals surface area contributed by atoms with Crippen molar-refractivity contribution in [1.29, 1.82) is 0 Å². The number of hydrogen-bond donors (Lipinski definition) is 2. The molecule has 9 heteroatoms. The van der Waals surface area contributed by atoms with E-state index >= 15 is 0 Å². The van der Waals surface area contributed by atoms with Crippen LogP contribution in [-0.4, -0.2) is 34.1 Å². The van der Waals surface area contributed by atoms with Crippen LogP contribution >= 0.6 is 0 Å². The van der Waals surface area contributed by atoms with Crippen LogP contribution in [0.5, 0.6) is 5.88 Å². The second-order valence-corrected chi connectivity index (χ2v) is 4.71. The number of ether oxygens (including phenoxy) is 1. The van der Waals surface area contributed by atoms with Crippen LogP contribution in [0.25, 0.3) is 0 Å². The molecule has 0 unspecified atom stereocenters. The van der Waals surface area contributed by atoms with Crippen molar-refractivity contribution in [3.8, 4) is 5.88 Å². The van der Waals surface area contributed by atoms with Gasteiger partial charge in [-0.05, 0) is 38.1 Å². The van der Waals surface area contributed by atoms with Gasteiger partial charge in [0.2, 0.25) is 0 Å². The predicted molar refractivity (Wildman–Crippen MR) is 90.4 cm³/mol. The average Bonchev–Trinajstić information content (AvgIpc) is 2.56. The van der Waals surface area contributed by atoms with Crippen LogP contribution in [0, 0.1) is 0 Å². The van der Waals surface area contributed by atoms with Crippen LogP contribution in [0.3, 0.4) is 0 Å². The van der Waals surface area contributed by atoms with E-state index < -0.39 is 6.09 Å². The highest BCUT2D eigenvalue weighted by Gasteiger charge is 2.15. The van der Waals surface area contributed by atoms with Gasteiger partial charge in [-0.3, -0.25) is 0 Å². The molecule has 0 saturated carbocycles. The number of amides is 1. The molecule has 0 bridgehead atoms. The fourth-order valence-corrected chi connectivity index (χ4v) is 1.84. The zero-order valence-corrected chi connectivity index (χ0v) is 13.5. The molecule has 0 aromatic carbocycles. The summed E-state index contributed by atoms with van der Waals surface area (Å²) in [5, 5.41) is 8.04. The van der Waals surface area contributed by atoms with Gasteiger partial charge in [-0.1, -0.05) is 0 Å². The lowest BCUT2D eigenvalue weighted by atomic mass is 10.4. The summed E-state index contributed by atoms with van der Waals surface area (Å²) < 4.78 is 5.28. The first-order valence-corrected chi connectivity index (χ1v) is 7.40. The van der Waals surface area contributed by atoms with Gasteiger partial charge in [-0.2, -0.15) is 0 Å². The van der Waals surface area contributed by atoms with Gasteiger partial charge in [0.1, 0.15) is 17.2 Å². The fraction of sp³-hybridized carbons (Fsp3) is 0.267. The standard InChI is InChI=1S/C15H19N7O2/c1-3-22(4-2)15(23)24-14-11(6-5-9-18-14)21-20-10-7-8-12(16)19-13(10)17/h5-9H,3-4H2,1-2H3,(H4,16,17,19). The van der Waals surface area contributed by atoms with Gasteiger partial charge in [0, 0.05) is 19.3 Å². The minimum atomic E-state index is -0.496. The summed E-state index contributed by atoms with van der Waals surface area (Å²) in [6.45, 7) is 4.79. The molecule has 0 fully saturated rings. The second-order valence-electron chi connectivity index (χ2n) is 4.71. The Morgan fingerprint density at radius 3 is 2.54 bits per heavy atom. The molecule has 2 aromatic heterocycles. The van der Waals surface area contributed by atoms with E-state index in [1.54, 1.807) is 24.3 Å². The van der Waals surface area contributed by atoms with E-state index in [9.17, 15) is 4.79 Å². The minimum Gasteiger partial charge on any atom is -0.389 e. The monoisotopic (exact) mass is 329 g/mol. The highest BCUT2D eigenvalue weighted by Crippen LogP contribution is 2.28. The maximum atomic E-state index is 12.0. The molecule has 126 valence electrons. The zero-order valence-electron chi connectivity index (χ0n) is 13.5. The molecular formula is C15H19N7O2. The lowest BCUT2D eigenvalue weighted by Crippen LogP contribution is -2.33. The molecule has 0 aliphatic carbocycles. The molecule has 4 N–H and O–H groups in total. The van der Waals surface area contributed by atoms with Crippen LogP contribution in [0.1, 0.15) is 13.8 Å². The van der Waals surface area contributed by atoms with Crippen molar-refractivity contribution in [3.63, 3.8) is 0 Å². The molecule has 9 nitrogen and oxygen atoms in total. The third-order valence-electron chi connectivity index (χ3n) is 3.15. The number of nitrogens with two attached hydrogens (primary N) is 2. The van der Waals surface area contributed by atoms with Crippen LogP contribution in [-0.2, 0) is 0 Å². The van der Waals surface area contributed by atoms with E-state index in [0.717, 1.165) is 0 Å². The van der Waals surface area contributed by atoms with Gasteiger partial charge in [0.15, 0.2) is 5.82 Å². The van der Waals surface area contributed by atoms with E-state index in [4.69, 9.17) is 16.2 Å². The van der Waals surface area contributed by atoms with Crippen molar-refractivity contribution in [2.75, 3.05) is 24.6 Å². The van der Waals surface area contributed by atoms with Gasteiger partial charge < -0.3 is 21.1 Å². The van der Waals surface area contributed by atoms with Crippen molar-refractivity contribution in [2.24, 2.45) is 10.2 Å². The largest absolute Gasteiger partial charge is 0.416 e. The number of carbonyl (C=O) groups is 1. The second kappa shape index (κ2) is 7.86. The Labute approximate surface area is 139 Å². The summed E-state index contributed by atoms with van der Waals surface area (Å²) in [4.78, 5) is 21.5. The summed E-state index contributed by atoms with van der Waals surface area (Å²) in [5.41, 5.74) is 11.9. The maximum Gasteiger partial charge on any atom is 0.416 e. The molecule has 0 radical (unpaired) electrons. The molecule has 2 heterocycles. The van der Waals surface area contributed by atoms with Gasteiger partial charge >= 0.3 is 6.09 Å². The highest BCUT2D eigenvalue weighted by molar-refractivity contribution is 5.72. The molecule has 24 heavy (non-hydrogen) atoms. The van der Waals surface area contributed by atoms with Gasteiger partial charge in [0.25, 0.3) is 5.88 Å². The lowest BCUT2D eigenvalue weighted by Gasteiger charge is -2.17. The molecule has 2 aromatic rings. The van der Waals surface area contributed by atoms with Crippen molar-refractivity contribution in [1.82, 2.24) is 14.9 Å². The van der Waals surface area contributed by atoms with Crippen molar-refractivity contribution in [2.45, 2.75) is 13.8 Å². The first-order chi connectivity index (χ1) is 11.5. The number of rotatable bonds is 5. The number of azo groups is 1. The van der Waals surface area contributed by atoms with Crippen molar-refractivity contribution in [3.05, 3.63) is 30.5 Å². The lowest BCUT2D eigenvalue weighted by molar-refractivity contribution is 0.155. The van der Waals surface area contributed by atoms with Crippen molar-refractivity contribution < 1.29 is 9.53 Å². The SMILES string of the molecule is CCN(CC)C(=O)Oc1ncccc1N=Nc1ccc(N)nc1N. The summed E-state index contributed by atoms with van der Waals surface area (Å²) in [6.07, 6.45) is 1.01. The van der Waals surface area contributed by atoms with Crippen LogP contribution < -0.4 is 16.2 Å². The Hall–Kier alpha value is -3.23. The Morgan fingerprint density at radius 1 is 1.17 bits per heavy atom. The van der Waals surface area contributed by atoms with Crippen LogP contribution in [0.15, 0.2) is 40.7 Å². The number of pyridine rings is 2. The first kappa shape index (κ1) is 17.1. The number of hydrogen-bond acceptors (Lipinski definition) is 8. The Kier molecular flexibility index (Phi) is 5.61. The predicted octanol–water partition coefficient (Wildman–Crippen LogP) is 2.90. The molecule has 0 atom stereocenters. The maximum absolute atomic E-state index is 12.0. The normalized spacial score (nSPS) is 10.8. The van der Waals surface area contributed by atoms with E-state index in [0.29, 0.717) is 30.3 Å². The minimum absolute atomic E-state index is 0.0696. The third kappa shape index (κ3) is 4.15. The fourth-order valence-electron chi connectivity index (χ4n) is 1.84. The third-order valence-corrected chi connectivity index (χ3v) is 3.15. The molecule has 0 spiro atoms. The first-order valence-electron chi connectivity index (χ1n) is 7.40.